The Labute approximate surface area is 150 Å². The zero-order valence-corrected chi connectivity index (χ0v) is 14.3. The van der Waals surface area contributed by atoms with E-state index in [-0.39, 0.29) is 5.91 Å². The number of anilines is 1. The van der Waals surface area contributed by atoms with Gasteiger partial charge in [0.25, 0.3) is 0 Å². The van der Waals surface area contributed by atoms with E-state index in [1.54, 1.807) is 17.1 Å². The van der Waals surface area contributed by atoms with E-state index >= 15 is 0 Å². The summed E-state index contributed by atoms with van der Waals surface area (Å²) in [7, 11) is 0. The molecule has 7 heteroatoms. The molecule has 3 heterocycles. The van der Waals surface area contributed by atoms with Crippen molar-refractivity contribution in [1.82, 2.24) is 24.1 Å². The molecule has 0 atom stereocenters. The lowest BCUT2D eigenvalue weighted by Gasteiger charge is -2.06. The number of carbonyl (C=O) groups excluding carboxylic acids is 1. The van der Waals surface area contributed by atoms with E-state index in [0.29, 0.717) is 18.7 Å². The Balaban J connectivity index is 1.40. The van der Waals surface area contributed by atoms with Crippen molar-refractivity contribution in [1.29, 1.82) is 0 Å². The second-order valence-electron chi connectivity index (χ2n) is 6.11. The number of hydrogen-bond acceptors (Lipinski definition) is 4. The number of fused-ring (bicyclic) bond motifs is 1. The van der Waals surface area contributed by atoms with Gasteiger partial charge in [0.15, 0.2) is 0 Å². The summed E-state index contributed by atoms with van der Waals surface area (Å²) in [6.07, 6.45) is 9.64. The third-order valence-electron chi connectivity index (χ3n) is 4.03. The molecule has 26 heavy (non-hydrogen) atoms. The van der Waals surface area contributed by atoms with Crippen LogP contribution in [-0.4, -0.2) is 30.1 Å². The number of hydrogen-bond donors (Lipinski definition) is 1. The highest BCUT2D eigenvalue weighted by Gasteiger charge is 2.07. The van der Waals surface area contributed by atoms with Gasteiger partial charge in [0.05, 0.1) is 11.9 Å². The van der Waals surface area contributed by atoms with Crippen LogP contribution < -0.4 is 5.32 Å². The van der Waals surface area contributed by atoms with Crippen LogP contribution in [0.5, 0.6) is 0 Å². The predicted molar refractivity (Wildman–Crippen MR) is 98.6 cm³/mol. The minimum absolute atomic E-state index is 0.0390. The summed E-state index contributed by atoms with van der Waals surface area (Å²) < 4.78 is 3.65. The monoisotopic (exact) mass is 346 g/mol. The number of aryl methyl sites for hydroxylation is 2. The van der Waals surface area contributed by atoms with Crippen LogP contribution in [0.2, 0.25) is 0 Å². The Morgan fingerprint density at radius 3 is 2.77 bits per heavy atom. The number of nitrogens with zero attached hydrogens (tertiary/aromatic N) is 5. The lowest BCUT2D eigenvalue weighted by molar-refractivity contribution is -0.116. The van der Waals surface area contributed by atoms with Crippen molar-refractivity contribution in [2.24, 2.45) is 0 Å². The minimum atomic E-state index is -0.0390. The molecule has 1 aromatic carbocycles. The molecule has 1 amide bonds. The fourth-order valence-corrected chi connectivity index (χ4v) is 2.72. The molecule has 0 bridgehead atoms. The van der Waals surface area contributed by atoms with Gasteiger partial charge in [0.2, 0.25) is 11.7 Å². The van der Waals surface area contributed by atoms with Crippen LogP contribution in [0.15, 0.2) is 61.3 Å². The van der Waals surface area contributed by atoms with Crippen molar-refractivity contribution in [3.63, 3.8) is 0 Å². The summed E-state index contributed by atoms with van der Waals surface area (Å²) in [5.41, 5.74) is 3.66. The van der Waals surface area contributed by atoms with Crippen molar-refractivity contribution >= 4 is 17.4 Å². The zero-order chi connectivity index (χ0) is 17.9. The van der Waals surface area contributed by atoms with E-state index < -0.39 is 0 Å². The molecular formula is C19H18N6O. The molecule has 0 saturated carbocycles. The zero-order valence-electron chi connectivity index (χ0n) is 14.3. The van der Waals surface area contributed by atoms with Crippen LogP contribution in [0.4, 0.5) is 5.69 Å². The summed E-state index contributed by atoms with van der Waals surface area (Å²) in [5, 5.41) is 7.09. The van der Waals surface area contributed by atoms with Gasteiger partial charge in [-0.05, 0) is 30.7 Å². The Morgan fingerprint density at radius 2 is 2.04 bits per heavy atom. The van der Waals surface area contributed by atoms with E-state index in [0.717, 1.165) is 22.5 Å². The minimum Gasteiger partial charge on any atom is -0.326 e. The molecule has 0 radical (unpaired) electrons. The third-order valence-corrected chi connectivity index (χ3v) is 4.03. The van der Waals surface area contributed by atoms with E-state index in [4.69, 9.17) is 0 Å². The average molecular weight is 346 g/mol. The van der Waals surface area contributed by atoms with Crippen molar-refractivity contribution in [3.05, 3.63) is 66.9 Å². The standard InChI is InChI=1S/C19H18N6O/c1-14-11-21-25(12-14)10-7-18(26)22-16-5-3-15(4-6-16)17-13-24-9-2-8-20-19(24)23-17/h2-6,8-9,11-13H,7,10H2,1H3,(H,22,26). The van der Waals surface area contributed by atoms with E-state index in [1.807, 2.05) is 60.2 Å². The van der Waals surface area contributed by atoms with Gasteiger partial charge >= 0.3 is 0 Å². The Bertz CT molecular complexity index is 1010. The summed E-state index contributed by atoms with van der Waals surface area (Å²) in [6.45, 7) is 2.54. The van der Waals surface area contributed by atoms with Gasteiger partial charge in [0.1, 0.15) is 0 Å². The molecule has 1 N–H and O–H groups in total. The molecule has 130 valence electrons. The largest absolute Gasteiger partial charge is 0.326 e. The Kier molecular flexibility index (Phi) is 4.18. The van der Waals surface area contributed by atoms with Crippen LogP contribution in [0, 0.1) is 6.92 Å². The molecule has 0 saturated heterocycles. The van der Waals surface area contributed by atoms with Gasteiger partial charge < -0.3 is 5.32 Å². The van der Waals surface area contributed by atoms with E-state index in [2.05, 4.69) is 20.4 Å². The highest BCUT2D eigenvalue weighted by Crippen LogP contribution is 2.20. The quantitative estimate of drug-likeness (QED) is 0.603. The van der Waals surface area contributed by atoms with Gasteiger partial charge in [-0.2, -0.15) is 5.10 Å². The van der Waals surface area contributed by atoms with Gasteiger partial charge in [0, 0.05) is 49.0 Å². The number of rotatable bonds is 5. The van der Waals surface area contributed by atoms with E-state index in [1.165, 1.54) is 0 Å². The fourth-order valence-electron chi connectivity index (χ4n) is 2.72. The average Bonchev–Trinajstić information content (AvgIpc) is 3.26. The molecule has 4 aromatic rings. The summed E-state index contributed by atoms with van der Waals surface area (Å²) in [4.78, 5) is 20.8. The predicted octanol–water partition coefficient (Wildman–Crippen LogP) is 2.93. The van der Waals surface area contributed by atoms with Crippen molar-refractivity contribution in [2.45, 2.75) is 19.9 Å². The number of benzene rings is 1. The van der Waals surface area contributed by atoms with Crippen LogP contribution in [-0.2, 0) is 11.3 Å². The highest BCUT2D eigenvalue weighted by molar-refractivity contribution is 5.90. The first kappa shape index (κ1) is 16.0. The van der Waals surface area contributed by atoms with E-state index in [9.17, 15) is 4.79 Å². The van der Waals surface area contributed by atoms with Gasteiger partial charge in [-0.1, -0.05) is 12.1 Å². The molecule has 0 fully saturated rings. The number of aromatic nitrogens is 5. The first-order chi connectivity index (χ1) is 12.7. The lowest BCUT2D eigenvalue weighted by Crippen LogP contribution is -2.14. The third kappa shape index (κ3) is 3.46. The van der Waals surface area contributed by atoms with Gasteiger partial charge in [-0.3, -0.25) is 13.9 Å². The number of amides is 1. The summed E-state index contributed by atoms with van der Waals surface area (Å²) in [5.74, 6) is 0.622. The van der Waals surface area contributed by atoms with Crippen molar-refractivity contribution < 1.29 is 4.79 Å². The maximum Gasteiger partial charge on any atom is 0.234 e. The summed E-state index contributed by atoms with van der Waals surface area (Å²) in [6, 6.07) is 9.50. The molecular weight excluding hydrogens is 328 g/mol. The number of imidazole rings is 1. The van der Waals surface area contributed by atoms with Crippen LogP contribution >= 0.6 is 0 Å². The van der Waals surface area contributed by atoms with Gasteiger partial charge in [-0.25, -0.2) is 9.97 Å². The lowest BCUT2D eigenvalue weighted by atomic mass is 10.1. The second-order valence-corrected chi connectivity index (χ2v) is 6.11. The summed E-state index contributed by atoms with van der Waals surface area (Å²) >= 11 is 0. The molecule has 0 unspecified atom stereocenters. The molecule has 3 aromatic heterocycles. The Hall–Kier alpha value is -3.48. The second kappa shape index (κ2) is 6.79. The molecule has 0 spiro atoms. The SMILES string of the molecule is Cc1cnn(CCC(=O)Nc2ccc(-c3cn4cccnc4n3)cc2)c1. The highest BCUT2D eigenvalue weighted by atomic mass is 16.1. The van der Waals surface area contributed by atoms with Crippen molar-refractivity contribution in [2.75, 3.05) is 5.32 Å². The van der Waals surface area contributed by atoms with Crippen molar-refractivity contribution in [3.8, 4) is 11.3 Å². The molecule has 0 aliphatic heterocycles. The molecule has 7 nitrogen and oxygen atoms in total. The first-order valence-corrected chi connectivity index (χ1v) is 8.36. The smallest absolute Gasteiger partial charge is 0.234 e. The maximum absolute atomic E-state index is 12.1. The first-order valence-electron chi connectivity index (χ1n) is 8.36. The molecule has 0 aliphatic carbocycles. The number of nitrogens with one attached hydrogen (secondary N) is 1. The molecule has 4 rings (SSSR count). The van der Waals surface area contributed by atoms with Gasteiger partial charge in [-0.15, -0.1) is 0 Å². The van der Waals surface area contributed by atoms with Crippen LogP contribution in [0.25, 0.3) is 17.0 Å². The number of carbonyl (C=O) groups is 1. The van der Waals surface area contributed by atoms with Crippen LogP contribution in [0.3, 0.4) is 0 Å². The Morgan fingerprint density at radius 1 is 1.19 bits per heavy atom. The maximum atomic E-state index is 12.1. The normalized spacial score (nSPS) is 11.0. The topological polar surface area (TPSA) is 77.1 Å². The molecule has 0 aliphatic rings. The fraction of sp³-hybridized carbons (Fsp3) is 0.158. The van der Waals surface area contributed by atoms with Crippen LogP contribution in [0.1, 0.15) is 12.0 Å².